The molecule has 9 heteroatoms. The number of nitro groups is 1. The molecule has 0 amide bonds. The van der Waals surface area contributed by atoms with Crippen LogP contribution in [-0.2, 0) is 0 Å². The van der Waals surface area contributed by atoms with Crippen molar-refractivity contribution in [1.82, 2.24) is 5.01 Å². The van der Waals surface area contributed by atoms with Crippen LogP contribution in [0.5, 0.6) is 5.75 Å². The molecule has 0 spiro atoms. The molecule has 2 aromatic carbocycles. The summed E-state index contributed by atoms with van der Waals surface area (Å²) in [5.41, 5.74) is 2.36. The van der Waals surface area contributed by atoms with E-state index in [4.69, 9.17) is 33.0 Å². The molecule has 146 valence electrons. The van der Waals surface area contributed by atoms with E-state index in [0.717, 1.165) is 16.2 Å². The molecule has 2 aliphatic heterocycles. The number of hydrogen-bond donors (Lipinski definition) is 0. The summed E-state index contributed by atoms with van der Waals surface area (Å²) < 4.78 is 6.23. The molecule has 3 heterocycles. The minimum atomic E-state index is -0.609. The van der Waals surface area contributed by atoms with Gasteiger partial charge < -0.3 is 4.74 Å². The maximum atomic E-state index is 11.4. The first-order valence-electron chi connectivity index (χ1n) is 8.81. The average Bonchev–Trinajstić information content (AvgIpc) is 3.37. The molecule has 0 N–H and O–H groups in total. The number of nitro benzene ring substituents is 1. The zero-order valence-corrected chi connectivity index (χ0v) is 17.1. The molecular formula is C20H13Cl2N3O3S. The van der Waals surface area contributed by atoms with Gasteiger partial charge in [0, 0.05) is 28.6 Å². The number of hydrazone groups is 1. The van der Waals surface area contributed by atoms with Gasteiger partial charge in [0.05, 0.1) is 21.6 Å². The summed E-state index contributed by atoms with van der Waals surface area (Å²) in [6, 6.07) is 14.1. The fourth-order valence-electron chi connectivity index (χ4n) is 3.69. The van der Waals surface area contributed by atoms with Crippen molar-refractivity contribution in [2.75, 3.05) is 0 Å². The second kappa shape index (κ2) is 7.02. The topological polar surface area (TPSA) is 68.0 Å². The number of rotatable bonds is 3. The summed E-state index contributed by atoms with van der Waals surface area (Å²) in [5, 5.41) is 20.8. The summed E-state index contributed by atoms with van der Waals surface area (Å²) in [5.74, 6) is 0.695. The monoisotopic (exact) mass is 445 g/mol. The van der Waals surface area contributed by atoms with Crippen molar-refractivity contribution >= 4 is 45.9 Å². The molecule has 6 nitrogen and oxygen atoms in total. The fourth-order valence-corrected chi connectivity index (χ4v) is 4.78. The molecule has 5 rings (SSSR count). The van der Waals surface area contributed by atoms with Gasteiger partial charge in [0.25, 0.3) is 5.69 Å². The van der Waals surface area contributed by atoms with Crippen molar-refractivity contribution in [3.63, 3.8) is 0 Å². The molecule has 0 saturated carbocycles. The molecule has 0 saturated heterocycles. The van der Waals surface area contributed by atoms with Crippen LogP contribution < -0.4 is 4.74 Å². The van der Waals surface area contributed by atoms with Gasteiger partial charge in [-0.25, -0.2) is 5.01 Å². The van der Waals surface area contributed by atoms with E-state index in [-0.39, 0.29) is 16.8 Å². The lowest BCUT2D eigenvalue weighted by Gasteiger charge is -2.38. The molecule has 0 radical (unpaired) electrons. The minimum absolute atomic E-state index is 0.0747. The Hall–Kier alpha value is -2.61. The van der Waals surface area contributed by atoms with Crippen molar-refractivity contribution in [3.8, 4) is 5.75 Å². The van der Waals surface area contributed by atoms with Crippen molar-refractivity contribution in [3.05, 3.63) is 90.1 Å². The van der Waals surface area contributed by atoms with E-state index in [1.54, 1.807) is 23.5 Å². The van der Waals surface area contributed by atoms with Crippen LogP contribution in [0.3, 0.4) is 0 Å². The first-order valence-corrected chi connectivity index (χ1v) is 10.4. The van der Waals surface area contributed by atoms with Crippen LogP contribution in [0, 0.1) is 10.1 Å². The highest BCUT2D eigenvalue weighted by Crippen LogP contribution is 2.49. The van der Waals surface area contributed by atoms with Crippen molar-refractivity contribution in [2.45, 2.75) is 18.7 Å². The van der Waals surface area contributed by atoms with Crippen LogP contribution >= 0.6 is 34.5 Å². The van der Waals surface area contributed by atoms with Crippen LogP contribution in [0.25, 0.3) is 0 Å². The molecule has 0 fully saturated rings. The second-order valence-electron chi connectivity index (χ2n) is 6.74. The van der Waals surface area contributed by atoms with Gasteiger partial charge >= 0.3 is 0 Å². The molecule has 1 aromatic heterocycles. The minimum Gasteiger partial charge on any atom is -0.464 e. The highest BCUT2D eigenvalue weighted by atomic mass is 35.5. The summed E-state index contributed by atoms with van der Waals surface area (Å²) in [6.45, 7) is 0. The predicted molar refractivity (Wildman–Crippen MR) is 113 cm³/mol. The SMILES string of the molecule is O=[N+]([O-])c1cc([C@@H]2Oc3ccc(Cl)cc3[C@@H]3CC(c4cccs4)=NN32)ccc1Cl. The summed E-state index contributed by atoms with van der Waals surface area (Å²) in [7, 11) is 0. The van der Waals surface area contributed by atoms with E-state index < -0.39 is 11.2 Å². The number of ether oxygens (including phenoxy) is 1. The molecule has 29 heavy (non-hydrogen) atoms. The third-order valence-electron chi connectivity index (χ3n) is 5.01. The lowest BCUT2D eigenvalue weighted by Crippen LogP contribution is -2.33. The second-order valence-corrected chi connectivity index (χ2v) is 8.54. The average molecular weight is 446 g/mol. The van der Waals surface area contributed by atoms with Gasteiger partial charge in [-0.15, -0.1) is 11.3 Å². The van der Waals surface area contributed by atoms with Crippen molar-refractivity contribution < 1.29 is 9.66 Å². The Morgan fingerprint density at radius 3 is 2.83 bits per heavy atom. The molecule has 2 atom stereocenters. The predicted octanol–water partition coefficient (Wildman–Crippen LogP) is 6.21. The molecule has 2 aliphatic rings. The molecule has 0 unspecified atom stereocenters. The quantitative estimate of drug-likeness (QED) is 0.355. The zero-order valence-electron chi connectivity index (χ0n) is 14.8. The standard InChI is InChI=1S/C20H13Cl2N3O3S/c21-12-4-6-18-13(9-12)16-10-15(19-2-1-7-29-19)23-24(16)20(28-18)11-3-5-14(22)17(8-11)25(26)27/h1-9,16,20H,10H2/t16-,20-/m0/s1. The maximum Gasteiger partial charge on any atom is 0.288 e. The van der Waals surface area contributed by atoms with Gasteiger partial charge in [-0.2, -0.15) is 5.10 Å². The highest BCUT2D eigenvalue weighted by Gasteiger charge is 2.41. The molecule has 3 aromatic rings. The highest BCUT2D eigenvalue weighted by molar-refractivity contribution is 7.12. The van der Waals surface area contributed by atoms with Crippen LogP contribution in [0.4, 0.5) is 5.69 Å². The number of nitrogens with zero attached hydrogens (tertiary/aromatic N) is 3. The van der Waals surface area contributed by atoms with Gasteiger partial charge in [0.15, 0.2) is 0 Å². The third-order valence-corrected chi connectivity index (χ3v) is 6.48. The van der Waals surface area contributed by atoms with Gasteiger partial charge in [-0.05, 0) is 35.7 Å². The van der Waals surface area contributed by atoms with E-state index in [1.807, 2.05) is 34.7 Å². The van der Waals surface area contributed by atoms with Crippen LogP contribution in [-0.4, -0.2) is 15.6 Å². The number of thiophene rings is 1. The fraction of sp³-hybridized carbons (Fsp3) is 0.150. The Morgan fingerprint density at radius 1 is 1.21 bits per heavy atom. The smallest absolute Gasteiger partial charge is 0.288 e. The third kappa shape index (κ3) is 3.15. The summed E-state index contributed by atoms with van der Waals surface area (Å²) in [4.78, 5) is 11.9. The Kier molecular flexibility index (Phi) is 4.46. The molecule has 0 aliphatic carbocycles. The number of halogens is 2. The summed E-state index contributed by atoms with van der Waals surface area (Å²) >= 11 is 13.8. The Morgan fingerprint density at radius 2 is 2.07 bits per heavy atom. The van der Waals surface area contributed by atoms with Crippen molar-refractivity contribution in [1.29, 1.82) is 0 Å². The van der Waals surface area contributed by atoms with Crippen LogP contribution in [0.1, 0.15) is 34.7 Å². The van der Waals surface area contributed by atoms with Gasteiger partial charge in [-0.3, -0.25) is 10.1 Å². The van der Waals surface area contributed by atoms with E-state index in [1.165, 1.54) is 12.1 Å². The summed E-state index contributed by atoms with van der Waals surface area (Å²) in [6.07, 6.45) is 0.0887. The van der Waals surface area contributed by atoms with E-state index >= 15 is 0 Å². The van der Waals surface area contributed by atoms with Crippen LogP contribution in [0.15, 0.2) is 59.0 Å². The van der Waals surface area contributed by atoms with Gasteiger partial charge in [-0.1, -0.05) is 35.3 Å². The number of fused-ring (bicyclic) bond motifs is 3. The normalized spacial score (nSPS) is 19.9. The Labute approximate surface area is 180 Å². The van der Waals surface area contributed by atoms with Crippen molar-refractivity contribution in [2.24, 2.45) is 5.10 Å². The van der Waals surface area contributed by atoms with Crippen LogP contribution in [0.2, 0.25) is 10.0 Å². The number of hydrogen-bond acceptors (Lipinski definition) is 6. The number of benzene rings is 2. The first-order chi connectivity index (χ1) is 14.0. The zero-order chi connectivity index (χ0) is 20.1. The first kappa shape index (κ1) is 18.4. The Balaban J connectivity index is 1.63. The van der Waals surface area contributed by atoms with Gasteiger partial charge in [0.2, 0.25) is 6.23 Å². The maximum absolute atomic E-state index is 11.4. The largest absolute Gasteiger partial charge is 0.464 e. The van der Waals surface area contributed by atoms with E-state index in [2.05, 4.69) is 0 Å². The lowest BCUT2D eigenvalue weighted by molar-refractivity contribution is -0.384. The molecular weight excluding hydrogens is 433 g/mol. The van der Waals surface area contributed by atoms with E-state index in [0.29, 0.717) is 22.8 Å². The molecule has 0 bridgehead atoms. The Bertz CT molecular complexity index is 1150. The van der Waals surface area contributed by atoms with Gasteiger partial charge in [0.1, 0.15) is 10.8 Å². The van der Waals surface area contributed by atoms with E-state index in [9.17, 15) is 10.1 Å². The lowest BCUT2D eigenvalue weighted by atomic mass is 9.97.